The second kappa shape index (κ2) is 6.39. The number of carbonyl (C=O) groups is 2. The van der Waals surface area contributed by atoms with Gasteiger partial charge in [0, 0.05) is 6.04 Å². The number of methoxy groups -OCH3 is 1. The summed E-state index contributed by atoms with van der Waals surface area (Å²) in [5.74, 6) is -0.532. The number of thiophene rings is 1. The summed E-state index contributed by atoms with van der Waals surface area (Å²) >= 11 is 1.15. The molecule has 0 fully saturated rings. The molecule has 0 radical (unpaired) electrons. The van der Waals surface area contributed by atoms with Crippen LogP contribution < -0.4 is 5.32 Å². The fraction of sp³-hybridized carbons (Fsp3) is 0.500. The lowest BCUT2D eigenvalue weighted by Gasteiger charge is -2.13. The van der Waals surface area contributed by atoms with E-state index in [1.807, 2.05) is 13.8 Å². The largest absolute Gasteiger partial charge is 0.465 e. The van der Waals surface area contributed by atoms with Gasteiger partial charge in [-0.3, -0.25) is 4.79 Å². The summed E-state index contributed by atoms with van der Waals surface area (Å²) in [5, 5.41) is 2.92. The molecule has 0 unspecified atom stereocenters. The standard InChI is InChI=1S/C12H17NO3S/c1-4-8(5-2)13-11(14)9-6-7-10(17-9)12(15)16-3/h6-8H,4-5H2,1-3H3,(H,13,14). The van der Waals surface area contributed by atoms with Crippen LogP contribution in [0, 0.1) is 0 Å². The lowest BCUT2D eigenvalue weighted by molar-refractivity contribution is 0.0606. The minimum atomic E-state index is -0.406. The van der Waals surface area contributed by atoms with Crippen molar-refractivity contribution in [3.05, 3.63) is 21.9 Å². The molecule has 5 heteroatoms. The first-order valence-corrected chi connectivity index (χ1v) is 6.43. The Hall–Kier alpha value is -1.36. The number of rotatable bonds is 5. The summed E-state index contributed by atoms with van der Waals surface area (Å²) in [4.78, 5) is 24.1. The van der Waals surface area contributed by atoms with Gasteiger partial charge >= 0.3 is 5.97 Å². The third kappa shape index (κ3) is 3.56. The normalized spacial score (nSPS) is 10.4. The molecule has 1 rings (SSSR count). The van der Waals surface area contributed by atoms with Crippen LogP contribution in [-0.4, -0.2) is 25.0 Å². The van der Waals surface area contributed by atoms with E-state index in [-0.39, 0.29) is 11.9 Å². The number of nitrogens with one attached hydrogen (secondary N) is 1. The molecule has 94 valence electrons. The molecule has 1 heterocycles. The lowest BCUT2D eigenvalue weighted by Crippen LogP contribution is -2.33. The van der Waals surface area contributed by atoms with Crippen molar-refractivity contribution in [3.8, 4) is 0 Å². The smallest absolute Gasteiger partial charge is 0.348 e. The monoisotopic (exact) mass is 255 g/mol. The molecule has 0 saturated carbocycles. The number of amides is 1. The zero-order valence-corrected chi connectivity index (χ0v) is 11.1. The van der Waals surface area contributed by atoms with Gasteiger partial charge in [0.15, 0.2) is 0 Å². The number of esters is 1. The first kappa shape index (κ1) is 13.7. The van der Waals surface area contributed by atoms with Gasteiger partial charge in [-0.05, 0) is 25.0 Å². The molecule has 4 nitrogen and oxygen atoms in total. The van der Waals surface area contributed by atoms with Crippen LogP contribution in [0.1, 0.15) is 46.0 Å². The van der Waals surface area contributed by atoms with Crippen molar-refractivity contribution in [3.63, 3.8) is 0 Å². The highest BCUT2D eigenvalue weighted by Crippen LogP contribution is 2.17. The van der Waals surface area contributed by atoms with Crippen LogP contribution >= 0.6 is 11.3 Å². The fourth-order valence-corrected chi connectivity index (χ4v) is 2.25. The van der Waals surface area contributed by atoms with Crippen LogP contribution in [0.15, 0.2) is 12.1 Å². The molecule has 0 aliphatic carbocycles. The quantitative estimate of drug-likeness (QED) is 0.822. The van der Waals surface area contributed by atoms with Crippen molar-refractivity contribution < 1.29 is 14.3 Å². The topological polar surface area (TPSA) is 55.4 Å². The summed E-state index contributed by atoms with van der Waals surface area (Å²) < 4.78 is 4.59. The van der Waals surface area contributed by atoms with Gasteiger partial charge in [0.2, 0.25) is 0 Å². The van der Waals surface area contributed by atoms with Crippen molar-refractivity contribution in [2.75, 3.05) is 7.11 Å². The maximum atomic E-state index is 11.8. The van der Waals surface area contributed by atoms with E-state index < -0.39 is 5.97 Å². The molecular formula is C12H17NO3S. The first-order chi connectivity index (χ1) is 8.12. The molecule has 0 aliphatic rings. The molecule has 0 spiro atoms. The maximum absolute atomic E-state index is 11.8. The predicted octanol–water partition coefficient (Wildman–Crippen LogP) is 2.45. The Morgan fingerprint density at radius 2 is 1.88 bits per heavy atom. The van der Waals surface area contributed by atoms with E-state index in [9.17, 15) is 9.59 Å². The Morgan fingerprint density at radius 3 is 2.41 bits per heavy atom. The number of hydrogen-bond acceptors (Lipinski definition) is 4. The van der Waals surface area contributed by atoms with Gasteiger partial charge in [0.25, 0.3) is 5.91 Å². The van der Waals surface area contributed by atoms with E-state index in [0.717, 1.165) is 24.2 Å². The van der Waals surface area contributed by atoms with Crippen LogP contribution in [0.4, 0.5) is 0 Å². The van der Waals surface area contributed by atoms with Gasteiger partial charge in [-0.15, -0.1) is 11.3 Å². The van der Waals surface area contributed by atoms with Crippen LogP contribution in [0.25, 0.3) is 0 Å². The summed E-state index contributed by atoms with van der Waals surface area (Å²) in [6.07, 6.45) is 1.80. The van der Waals surface area contributed by atoms with Crippen molar-refractivity contribution in [1.29, 1.82) is 0 Å². The molecule has 0 atom stereocenters. The molecule has 1 aromatic heterocycles. The van der Waals surface area contributed by atoms with Crippen LogP contribution in [0.5, 0.6) is 0 Å². The molecule has 17 heavy (non-hydrogen) atoms. The van der Waals surface area contributed by atoms with Gasteiger partial charge in [0.05, 0.1) is 12.0 Å². The third-order valence-electron chi connectivity index (χ3n) is 2.54. The van der Waals surface area contributed by atoms with Crippen molar-refractivity contribution >= 4 is 23.2 Å². The molecule has 0 aliphatic heterocycles. The lowest BCUT2D eigenvalue weighted by atomic mass is 10.2. The Morgan fingerprint density at radius 1 is 1.29 bits per heavy atom. The number of hydrogen-bond donors (Lipinski definition) is 1. The van der Waals surface area contributed by atoms with Crippen LogP contribution in [-0.2, 0) is 4.74 Å². The number of carbonyl (C=O) groups excluding carboxylic acids is 2. The molecule has 0 bridgehead atoms. The van der Waals surface area contributed by atoms with Crippen LogP contribution in [0.2, 0.25) is 0 Å². The third-order valence-corrected chi connectivity index (χ3v) is 3.60. The Labute approximate surface area is 105 Å². The summed E-state index contributed by atoms with van der Waals surface area (Å²) in [7, 11) is 1.33. The Kier molecular flexibility index (Phi) is 5.15. The summed E-state index contributed by atoms with van der Waals surface area (Å²) in [5.41, 5.74) is 0. The molecule has 0 saturated heterocycles. The highest BCUT2D eigenvalue weighted by molar-refractivity contribution is 7.15. The molecule has 0 aromatic carbocycles. The van der Waals surface area contributed by atoms with E-state index in [1.165, 1.54) is 7.11 Å². The second-order valence-electron chi connectivity index (χ2n) is 3.64. The van der Waals surface area contributed by atoms with Gasteiger partial charge in [-0.2, -0.15) is 0 Å². The SMILES string of the molecule is CCC(CC)NC(=O)c1ccc(C(=O)OC)s1. The van der Waals surface area contributed by atoms with E-state index in [0.29, 0.717) is 9.75 Å². The maximum Gasteiger partial charge on any atom is 0.348 e. The van der Waals surface area contributed by atoms with E-state index >= 15 is 0 Å². The van der Waals surface area contributed by atoms with E-state index in [4.69, 9.17) is 0 Å². The van der Waals surface area contributed by atoms with Crippen molar-refractivity contribution in [2.24, 2.45) is 0 Å². The average molecular weight is 255 g/mol. The summed E-state index contributed by atoms with van der Waals surface area (Å²) in [6, 6.07) is 3.44. The molecule has 1 aromatic rings. The van der Waals surface area contributed by atoms with Crippen LogP contribution in [0.3, 0.4) is 0 Å². The van der Waals surface area contributed by atoms with Gasteiger partial charge in [0.1, 0.15) is 4.88 Å². The molecule has 1 amide bonds. The van der Waals surface area contributed by atoms with Crippen molar-refractivity contribution in [1.82, 2.24) is 5.32 Å². The Bertz CT molecular complexity index is 396. The first-order valence-electron chi connectivity index (χ1n) is 5.61. The highest BCUT2D eigenvalue weighted by Gasteiger charge is 2.15. The predicted molar refractivity (Wildman–Crippen MR) is 67.5 cm³/mol. The summed E-state index contributed by atoms with van der Waals surface area (Å²) in [6.45, 7) is 4.06. The molecular weight excluding hydrogens is 238 g/mol. The zero-order chi connectivity index (χ0) is 12.8. The zero-order valence-electron chi connectivity index (χ0n) is 10.3. The number of ether oxygens (including phenoxy) is 1. The molecule has 1 N–H and O–H groups in total. The van der Waals surface area contributed by atoms with E-state index in [1.54, 1.807) is 12.1 Å². The minimum absolute atomic E-state index is 0.126. The van der Waals surface area contributed by atoms with Gasteiger partial charge in [-0.25, -0.2) is 4.79 Å². The highest BCUT2D eigenvalue weighted by atomic mass is 32.1. The minimum Gasteiger partial charge on any atom is -0.465 e. The fourth-order valence-electron chi connectivity index (χ4n) is 1.42. The second-order valence-corrected chi connectivity index (χ2v) is 4.73. The Balaban J connectivity index is 2.70. The van der Waals surface area contributed by atoms with Gasteiger partial charge in [-0.1, -0.05) is 13.8 Å². The van der Waals surface area contributed by atoms with Gasteiger partial charge < -0.3 is 10.1 Å². The van der Waals surface area contributed by atoms with E-state index in [2.05, 4.69) is 10.1 Å². The van der Waals surface area contributed by atoms with Crippen molar-refractivity contribution in [2.45, 2.75) is 32.7 Å². The average Bonchev–Trinajstić information content (AvgIpc) is 2.84.